The van der Waals surface area contributed by atoms with Gasteiger partial charge in [-0.3, -0.25) is 4.90 Å². The van der Waals surface area contributed by atoms with Crippen molar-refractivity contribution in [2.24, 2.45) is 11.7 Å². The quantitative estimate of drug-likeness (QED) is 0.794. The van der Waals surface area contributed by atoms with Gasteiger partial charge in [-0.25, -0.2) is 0 Å². The zero-order valence-corrected chi connectivity index (χ0v) is 9.44. The molecule has 2 atom stereocenters. The highest BCUT2D eigenvalue weighted by atomic mass is 16.5. The van der Waals surface area contributed by atoms with Gasteiger partial charge in [-0.1, -0.05) is 12.1 Å². The first-order valence-electron chi connectivity index (χ1n) is 5.55. The smallest absolute Gasteiger partial charge is 0.150 e. The van der Waals surface area contributed by atoms with Crippen LogP contribution < -0.4 is 5.73 Å². The Morgan fingerprint density at radius 1 is 1.67 bits per heavy atom. The highest BCUT2D eigenvalue weighted by Crippen LogP contribution is 2.17. The lowest BCUT2D eigenvalue weighted by molar-refractivity contribution is 0.144. The van der Waals surface area contributed by atoms with Gasteiger partial charge in [-0.2, -0.15) is 0 Å². The number of rotatable bonds is 2. The highest BCUT2D eigenvalue weighted by Gasteiger charge is 2.23. The van der Waals surface area contributed by atoms with Crippen LogP contribution in [0.3, 0.4) is 0 Å². The molecule has 84 valence electrons. The van der Waals surface area contributed by atoms with Gasteiger partial charge in [0.1, 0.15) is 0 Å². The van der Waals surface area contributed by atoms with Crippen LogP contribution in [0, 0.1) is 12.8 Å². The number of nitrogens with two attached hydrogens (primary N) is 1. The summed E-state index contributed by atoms with van der Waals surface area (Å²) in [4.78, 5) is 2.38. The monoisotopic (exact) mass is 209 g/mol. The number of likely N-dealkylation sites (tertiary alicyclic amines) is 1. The van der Waals surface area contributed by atoms with Crippen molar-refractivity contribution in [3.63, 3.8) is 0 Å². The molecular formula is C11H19N3O. The number of aromatic nitrogens is 1. The minimum absolute atomic E-state index is 0.359. The van der Waals surface area contributed by atoms with Crippen LogP contribution in [0.5, 0.6) is 0 Å². The highest BCUT2D eigenvalue weighted by molar-refractivity contribution is 5.03. The van der Waals surface area contributed by atoms with E-state index in [4.69, 9.17) is 10.3 Å². The van der Waals surface area contributed by atoms with Gasteiger partial charge in [0, 0.05) is 25.2 Å². The summed E-state index contributed by atoms with van der Waals surface area (Å²) in [5.41, 5.74) is 6.93. The molecule has 4 nitrogen and oxygen atoms in total. The normalized spacial score (nSPS) is 28.2. The van der Waals surface area contributed by atoms with Crippen LogP contribution in [-0.2, 0) is 6.54 Å². The van der Waals surface area contributed by atoms with Crippen LogP contribution in [-0.4, -0.2) is 29.2 Å². The standard InChI is InChI=1S/C11H19N3O/c1-8-6-14(4-3-11(8)12)7-10-5-9(2)13-15-10/h5,8,11H,3-4,6-7,12H2,1-2H3. The van der Waals surface area contributed by atoms with E-state index in [1.165, 1.54) is 0 Å². The third kappa shape index (κ3) is 2.58. The van der Waals surface area contributed by atoms with Crippen LogP contribution in [0.25, 0.3) is 0 Å². The lowest BCUT2D eigenvalue weighted by atomic mass is 9.95. The molecule has 1 saturated heterocycles. The topological polar surface area (TPSA) is 55.3 Å². The summed E-state index contributed by atoms with van der Waals surface area (Å²) in [7, 11) is 0. The Bertz CT molecular complexity index is 323. The Morgan fingerprint density at radius 3 is 3.07 bits per heavy atom. The third-order valence-corrected chi connectivity index (χ3v) is 3.11. The van der Waals surface area contributed by atoms with Crippen molar-refractivity contribution >= 4 is 0 Å². The molecule has 0 bridgehead atoms. The molecule has 1 aliphatic rings. The van der Waals surface area contributed by atoms with Gasteiger partial charge < -0.3 is 10.3 Å². The summed E-state index contributed by atoms with van der Waals surface area (Å²) in [6, 6.07) is 2.36. The molecule has 2 rings (SSSR count). The molecule has 0 aromatic carbocycles. The summed E-state index contributed by atoms with van der Waals surface area (Å²) in [5.74, 6) is 1.53. The Morgan fingerprint density at radius 2 is 2.47 bits per heavy atom. The second kappa shape index (κ2) is 4.33. The Labute approximate surface area is 90.4 Å². The van der Waals surface area contributed by atoms with Gasteiger partial charge in [-0.05, 0) is 19.3 Å². The van der Waals surface area contributed by atoms with Crippen LogP contribution >= 0.6 is 0 Å². The number of aryl methyl sites for hydroxylation is 1. The summed E-state index contributed by atoms with van der Waals surface area (Å²) >= 11 is 0. The second-order valence-corrected chi connectivity index (χ2v) is 4.60. The number of piperidine rings is 1. The van der Waals surface area contributed by atoms with Crippen molar-refractivity contribution in [3.8, 4) is 0 Å². The van der Waals surface area contributed by atoms with E-state index in [2.05, 4.69) is 17.0 Å². The number of hydrogen-bond acceptors (Lipinski definition) is 4. The SMILES string of the molecule is Cc1cc(CN2CCC(N)C(C)C2)on1. The maximum atomic E-state index is 5.98. The summed E-state index contributed by atoms with van der Waals surface area (Å²) < 4.78 is 5.21. The first-order chi connectivity index (χ1) is 7.15. The first kappa shape index (κ1) is 10.6. The molecule has 0 amide bonds. The predicted octanol–water partition coefficient (Wildman–Crippen LogP) is 1.15. The molecule has 15 heavy (non-hydrogen) atoms. The zero-order chi connectivity index (χ0) is 10.8. The van der Waals surface area contributed by atoms with Crippen LogP contribution in [0.15, 0.2) is 10.6 Å². The average molecular weight is 209 g/mol. The molecule has 0 aliphatic carbocycles. The van der Waals surface area contributed by atoms with E-state index in [9.17, 15) is 0 Å². The van der Waals surface area contributed by atoms with E-state index in [-0.39, 0.29) is 0 Å². The van der Waals surface area contributed by atoms with E-state index in [1.54, 1.807) is 0 Å². The van der Waals surface area contributed by atoms with E-state index in [0.29, 0.717) is 12.0 Å². The van der Waals surface area contributed by atoms with Crippen molar-refractivity contribution in [3.05, 3.63) is 17.5 Å². The second-order valence-electron chi connectivity index (χ2n) is 4.60. The van der Waals surface area contributed by atoms with Crippen molar-refractivity contribution in [1.29, 1.82) is 0 Å². The number of nitrogens with zero attached hydrogens (tertiary/aromatic N) is 2. The number of hydrogen-bond donors (Lipinski definition) is 1. The summed E-state index contributed by atoms with van der Waals surface area (Å²) in [5, 5.41) is 3.89. The van der Waals surface area contributed by atoms with Gasteiger partial charge in [0.15, 0.2) is 5.76 Å². The van der Waals surface area contributed by atoms with E-state index >= 15 is 0 Å². The molecule has 0 radical (unpaired) electrons. The van der Waals surface area contributed by atoms with Gasteiger partial charge in [0.2, 0.25) is 0 Å². The van der Waals surface area contributed by atoms with Crippen molar-refractivity contribution in [2.75, 3.05) is 13.1 Å². The molecule has 1 aliphatic heterocycles. The largest absolute Gasteiger partial charge is 0.360 e. The fraction of sp³-hybridized carbons (Fsp3) is 0.727. The van der Waals surface area contributed by atoms with Crippen LogP contribution in [0.1, 0.15) is 24.8 Å². The molecule has 2 heterocycles. The van der Waals surface area contributed by atoms with E-state index in [0.717, 1.165) is 37.5 Å². The predicted molar refractivity (Wildman–Crippen MR) is 58.3 cm³/mol. The summed E-state index contributed by atoms with van der Waals surface area (Å²) in [6.07, 6.45) is 1.08. The molecule has 1 aromatic heterocycles. The molecule has 1 aromatic rings. The molecule has 2 unspecified atom stereocenters. The Hall–Kier alpha value is -0.870. The maximum Gasteiger partial charge on any atom is 0.150 e. The van der Waals surface area contributed by atoms with E-state index < -0.39 is 0 Å². The van der Waals surface area contributed by atoms with Crippen LogP contribution in [0.4, 0.5) is 0 Å². The van der Waals surface area contributed by atoms with Crippen molar-refractivity contribution in [1.82, 2.24) is 10.1 Å². The van der Waals surface area contributed by atoms with Crippen molar-refractivity contribution in [2.45, 2.75) is 32.9 Å². The zero-order valence-electron chi connectivity index (χ0n) is 9.44. The van der Waals surface area contributed by atoms with Crippen molar-refractivity contribution < 1.29 is 4.52 Å². The average Bonchev–Trinajstić information content (AvgIpc) is 2.58. The lowest BCUT2D eigenvalue weighted by Gasteiger charge is -2.34. The minimum atomic E-state index is 0.359. The van der Waals surface area contributed by atoms with Gasteiger partial charge in [0.25, 0.3) is 0 Å². The minimum Gasteiger partial charge on any atom is -0.360 e. The van der Waals surface area contributed by atoms with Gasteiger partial charge in [0.05, 0.1) is 12.2 Å². The third-order valence-electron chi connectivity index (χ3n) is 3.11. The van der Waals surface area contributed by atoms with Gasteiger partial charge >= 0.3 is 0 Å². The Balaban J connectivity index is 1.90. The van der Waals surface area contributed by atoms with Gasteiger partial charge in [-0.15, -0.1) is 0 Å². The lowest BCUT2D eigenvalue weighted by Crippen LogP contribution is -2.45. The Kier molecular flexibility index (Phi) is 3.07. The molecule has 0 saturated carbocycles. The van der Waals surface area contributed by atoms with Crippen LogP contribution in [0.2, 0.25) is 0 Å². The van der Waals surface area contributed by atoms with E-state index in [1.807, 2.05) is 13.0 Å². The molecule has 1 fully saturated rings. The molecule has 4 heteroatoms. The summed E-state index contributed by atoms with van der Waals surface area (Å²) in [6.45, 7) is 7.13. The molecule has 0 spiro atoms. The fourth-order valence-electron chi connectivity index (χ4n) is 2.10. The fourth-order valence-corrected chi connectivity index (χ4v) is 2.10. The molecule has 2 N–H and O–H groups in total. The maximum absolute atomic E-state index is 5.98. The molecular weight excluding hydrogens is 190 g/mol. The first-order valence-corrected chi connectivity index (χ1v) is 5.55.